The molecule has 1 aliphatic rings. The Labute approximate surface area is 98.6 Å². The number of ether oxygens (including phenoxy) is 1. The molecular formula is C10H16N4O3. The van der Waals surface area contributed by atoms with Gasteiger partial charge in [-0.15, -0.1) is 0 Å². The zero-order chi connectivity index (χ0) is 12.1. The van der Waals surface area contributed by atoms with Crippen LogP contribution >= 0.6 is 0 Å². The van der Waals surface area contributed by atoms with Crippen LogP contribution in [0.3, 0.4) is 0 Å². The number of hydrogen-bond donors (Lipinski definition) is 2. The van der Waals surface area contributed by atoms with Crippen molar-refractivity contribution in [1.29, 1.82) is 0 Å². The van der Waals surface area contributed by atoms with Crippen molar-refractivity contribution in [3.05, 3.63) is 5.69 Å². The number of anilines is 1. The van der Waals surface area contributed by atoms with Crippen molar-refractivity contribution in [3.8, 4) is 0 Å². The summed E-state index contributed by atoms with van der Waals surface area (Å²) in [7, 11) is 0. The number of nitrogens with two attached hydrogens (primary N) is 1. The molecule has 7 heteroatoms. The van der Waals surface area contributed by atoms with E-state index in [1.165, 1.54) is 6.42 Å². The number of nitrogen functional groups attached to an aromatic ring is 1. The van der Waals surface area contributed by atoms with Gasteiger partial charge in [0.1, 0.15) is 0 Å². The van der Waals surface area contributed by atoms with Crippen LogP contribution in [0.2, 0.25) is 0 Å². The number of carbonyl (C=O) groups excluding carboxylic acids is 1. The van der Waals surface area contributed by atoms with Crippen molar-refractivity contribution in [2.24, 2.45) is 0 Å². The van der Waals surface area contributed by atoms with E-state index in [1.54, 1.807) is 0 Å². The van der Waals surface area contributed by atoms with Crippen LogP contribution in [0.5, 0.6) is 0 Å². The number of aromatic nitrogens is 2. The van der Waals surface area contributed by atoms with Crippen LogP contribution in [0.15, 0.2) is 4.63 Å². The third kappa shape index (κ3) is 3.16. The van der Waals surface area contributed by atoms with Crippen LogP contribution in [0.1, 0.15) is 36.2 Å². The molecule has 2 rings (SSSR count). The first kappa shape index (κ1) is 11.8. The van der Waals surface area contributed by atoms with Crippen molar-refractivity contribution in [1.82, 2.24) is 15.6 Å². The molecule has 0 radical (unpaired) electrons. The fourth-order valence-corrected chi connectivity index (χ4v) is 1.82. The number of rotatable bonds is 4. The number of amides is 1. The Morgan fingerprint density at radius 3 is 3.00 bits per heavy atom. The van der Waals surface area contributed by atoms with Gasteiger partial charge >= 0.3 is 0 Å². The molecule has 0 spiro atoms. The highest BCUT2D eigenvalue weighted by molar-refractivity contribution is 5.95. The normalized spacial score (nSPS) is 20.1. The van der Waals surface area contributed by atoms with Crippen LogP contribution < -0.4 is 11.1 Å². The quantitative estimate of drug-likeness (QED) is 0.786. The van der Waals surface area contributed by atoms with Crippen molar-refractivity contribution < 1.29 is 14.2 Å². The van der Waals surface area contributed by atoms with Gasteiger partial charge in [0.2, 0.25) is 11.5 Å². The van der Waals surface area contributed by atoms with Gasteiger partial charge in [0.05, 0.1) is 6.10 Å². The van der Waals surface area contributed by atoms with E-state index >= 15 is 0 Å². The smallest absolute Gasteiger partial charge is 0.277 e. The molecule has 1 saturated heterocycles. The molecule has 0 bridgehead atoms. The molecule has 1 aromatic rings. The third-order valence-corrected chi connectivity index (χ3v) is 2.75. The first-order chi connectivity index (χ1) is 8.27. The Hall–Kier alpha value is -1.63. The first-order valence-electron chi connectivity index (χ1n) is 5.75. The zero-order valence-electron chi connectivity index (χ0n) is 9.52. The van der Waals surface area contributed by atoms with E-state index < -0.39 is 0 Å². The van der Waals surface area contributed by atoms with Gasteiger partial charge < -0.3 is 15.8 Å². The van der Waals surface area contributed by atoms with E-state index in [2.05, 4.69) is 20.3 Å². The minimum atomic E-state index is -0.362. The third-order valence-electron chi connectivity index (χ3n) is 2.75. The molecule has 7 nitrogen and oxygen atoms in total. The maximum Gasteiger partial charge on any atom is 0.277 e. The Kier molecular flexibility index (Phi) is 3.92. The molecule has 1 atom stereocenters. The molecule has 1 aliphatic heterocycles. The van der Waals surface area contributed by atoms with E-state index in [1.807, 2.05) is 0 Å². The number of carbonyl (C=O) groups is 1. The van der Waals surface area contributed by atoms with E-state index in [0.717, 1.165) is 25.9 Å². The Balaban J connectivity index is 1.71. The highest BCUT2D eigenvalue weighted by Crippen LogP contribution is 2.14. The van der Waals surface area contributed by atoms with Gasteiger partial charge in [-0.1, -0.05) is 0 Å². The van der Waals surface area contributed by atoms with E-state index in [9.17, 15) is 4.79 Å². The fraction of sp³-hybridized carbons (Fsp3) is 0.700. The largest absolute Gasteiger partial charge is 0.379 e. The fourth-order valence-electron chi connectivity index (χ4n) is 1.82. The van der Waals surface area contributed by atoms with E-state index in [-0.39, 0.29) is 23.5 Å². The summed E-state index contributed by atoms with van der Waals surface area (Å²) in [4.78, 5) is 11.6. The summed E-state index contributed by atoms with van der Waals surface area (Å²) in [6.45, 7) is 1.36. The average molecular weight is 240 g/mol. The van der Waals surface area contributed by atoms with Crippen LogP contribution in [-0.4, -0.2) is 35.5 Å². The second-order valence-corrected chi connectivity index (χ2v) is 4.03. The standard InChI is InChI=1S/C10H16N4O3/c11-9-8(13-17-14-9)10(15)12-5-4-7-3-1-2-6-16-7/h7H,1-6H2,(H2,11,14)(H,12,15). The van der Waals surface area contributed by atoms with Crippen LogP contribution in [0.25, 0.3) is 0 Å². The van der Waals surface area contributed by atoms with Crippen molar-refractivity contribution in [2.75, 3.05) is 18.9 Å². The monoisotopic (exact) mass is 240 g/mol. The minimum absolute atomic E-state index is 0.0106. The maximum absolute atomic E-state index is 11.6. The molecule has 0 aliphatic carbocycles. The molecule has 0 aromatic carbocycles. The van der Waals surface area contributed by atoms with Gasteiger partial charge in [0.15, 0.2) is 0 Å². The second-order valence-electron chi connectivity index (χ2n) is 4.03. The van der Waals surface area contributed by atoms with Crippen molar-refractivity contribution in [3.63, 3.8) is 0 Å². The summed E-state index contributed by atoms with van der Waals surface area (Å²) in [5, 5.41) is 9.48. The SMILES string of the molecule is Nc1nonc1C(=O)NCCC1CCCCO1. The molecule has 1 aromatic heterocycles. The van der Waals surface area contributed by atoms with Gasteiger partial charge in [0, 0.05) is 13.2 Å². The van der Waals surface area contributed by atoms with Crippen LogP contribution in [-0.2, 0) is 4.74 Å². The summed E-state index contributed by atoms with van der Waals surface area (Å²) in [6.07, 6.45) is 4.43. The van der Waals surface area contributed by atoms with Gasteiger partial charge in [-0.05, 0) is 36.0 Å². The molecule has 1 amide bonds. The summed E-state index contributed by atoms with van der Waals surface area (Å²) >= 11 is 0. The van der Waals surface area contributed by atoms with Gasteiger partial charge in [0.25, 0.3) is 5.91 Å². The van der Waals surface area contributed by atoms with E-state index in [0.29, 0.717) is 6.54 Å². The number of nitrogens with zero attached hydrogens (tertiary/aromatic N) is 2. The molecular weight excluding hydrogens is 224 g/mol. The summed E-state index contributed by atoms with van der Waals surface area (Å²) in [6, 6.07) is 0. The zero-order valence-corrected chi connectivity index (χ0v) is 9.52. The van der Waals surface area contributed by atoms with Gasteiger partial charge in [-0.2, -0.15) is 0 Å². The first-order valence-corrected chi connectivity index (χ1v) is 5.75. The predicted octanol–water partition coefficient (Wildman–Crippen LogP) is 0.341. The highest BCUT2D eigenvalue weighted by Gasteiger charge is 2.17. The second kappa shape index (κ2) is 5.62. The number of nitrogens with one attached hydrogen (secondary N) is 1. The topological polar surface area (TPSA) is 103 Å². The molecule has 1 unspecified atom stereocenters. The molecule has 2 heterocycles. The molecule has 1 fully saturated rings. The molecule has 94 valence electrons. The maximum atomic E-state index is 11.6. The minimum Gasteiger partial charge on any atom is -0.379 e. The molecule has 3 N–H and O–H groups in total. The van der Waals surface area contributed by atoms with Crippen LogP contribution in [0, 0.1) is 0 Å². The molecule has 17 heavy (non-hydrogen) atoms. The average Bonchev–Trinajstić information content (AvgIpc) is 2.77. The highest BCUT2D eigenvalue weighted by atomic mass is 16.6. The lowest BCUT2D eigenvalue weighted by Gasteiger charge is -2.22. The number of hydrogen-bond acceptors (Lipinski definition) is 6. The Morgan fingerprint density at radius 2 is 2.35 bits per heavy atom. The van der Waals surface area contributed by atoms with Gasteiger partial charge in [-0.25, -0.2) is 4.63 Å². The lowest BCUT2D eigenvalue weighted by Crippen LogP contribution is -2.30. The summed E-state index contributed by atoms with van der Waals surface area (Å²) in [5.74, 6) is -0.351. The van der Waals surface area contributed by atoms with Crippen molar-refractivity contribution in [2.45, 2.75) is 31.8 Å². The summed E-state index contributed by atoms with van der Waals surface area (Å²) in [5.41, 5.74) is 5.44. The lowest BCUT2D eigenvalue weighted by molar-refractivity contribution is 0.0117. The van der Waals surface area contributed by atoms with Gasteiger partial charge in [-0.3, -0.25) is 4.79 Å². The van der Waals surface area contributed by atoms with Crippen LogP contribution in [0.4, 0.5) is 5.82 Å². The Bertz CT molecular complexity index is 373. The molecule has 0 saturated carbocycles. The van der Waals surface area contributed by atoms with E-state index in [4.69, 9.17) is 10.5 Å². The predicted molar refractivity (Wildman–Crippen MR) is 59.3 cm³/mol. The Morgan fingerprint density at radius 1 is 1.47 bits per heavy atom. The summed E-state index contributed by atoms with van der Waals surface area (Å²) < 4.78 is 9.90. The lowest BCUT2D eigenvalue weighted by atomic mass is 10.1. The van der Waals surface area contributed by atoms with Crippen molar-refractivity contribution >= 4 is 11.7 Å².